The average molecular weight is 432 g/mol. The molecule has 2 aliphatic heterocycles. The molecule has 0 saturated carbocycles. The van der Waals surface area contributed by atoms with E-state index in [0.717, 1.165) is 22.4 Å². The fourth-order valence-corrected chi connectivity index (χ4v) is 4.79. The summed E-state index contributed by atoms with van der Waals surface area (Å²) in [6.45, 7) is 3.50. The lowest BCUT2D eigenvalue weighted by Crippen LogP contribution is -2.53. The number of carbonyl (C=O) groups is 1. The van der Waals surface area contributed by atoms with Crippen molar-refractivity contribution >= 4 is 5.97 Å². The zero-order chi connectivity index (χ0) is 22.5. The van der Waals surface area contributed by atoms with Crippen LogP contribution in [0.15, 0.2) is 60.7 Å². The summed E-state index contributed by atoms with van der Waals surface area (Å²) >= 11 is 0. The fourth-order valence-electron chi connectivity index (χ4n) is 4.79. The Morgan fingerprint density at radius 3 is 2.34 bits per heavy atom. The number of rotatable bonds is 4. The van der Waals surface area contributed by atoms with Gasteiger partial charge in [0.15, 0.2) is 11.5 Å². The molecule has 0 saturated heterocycles. The van der Waals surface area contributed by atoms with Crippen molar-refractivity contribution in [1.29, 1.82) is 0 Å². The minimum absolute atomic E-state index is 0.00826. The monoisotopic (exact) mass is 432 g/mol. The number of hydrogen-bond donors (Lipinski definition) is 0. The molecule has 32 heavy (non-hydrogen) atoms. The molecular weight excluding hydrogens is 408 g/mol. The first-order valence-corrected chi connectivity index (χ1v) is 10.5. The van der Waals surface area contributed by atoms with Gasteiger partial charge >= 0.3 is 5.97 Å². The van der Waals surface area contributed by atoms with E-state index in [2.05, 4.69) is 13.0 Å². The third-order valence-corrected chi connectivity index (χ3v) is 6.25. The van der Waals surface area contributed by atoms with Crippen LogP contribution >= 0.6 is 0 Å². The minimum atomic E-state index is -1.10. The zero-order valence-corrected chi connectivity index (χ0v) is 18.4. The van der Waals surface area contributed by atoms with Crippen LogP contribution in [0.1, 0.15) is 36.5 Å². The maximum absolute atomic E-state index is 11.5. The van der Waals surface area contributed by atoms with Gasteiger partial charge in [-0.05, 0) is 36.4 Å². The summed E-state index contributed by atoms with van der Waals surface area (Å²) in [5, 5.41) is 0. The van der Waals surface area contributed by atoms with Crippen LogP contribution < -0.4 is 23.7 Å². The smallest absolute Gasteiger partial charge is 0.308 e. The van der Waals surface area contributed by atoms with E-state index in [9.17, 15) is 4.79 Å². The Morgan fingerprint density at radius 2 is 1.66 bits per heavy atom. The number of ether oxygens (including phenoxy) is 5. The first-order chi connectivity index (χ1) is 15.5. The van der Waals surface area contributed by atoms with Gasteiger partial charge in [-0.3, -0.25) is 4.79 Å². The molecule has 0 N–H and O–H groups in total. The largest absolute Gasteiger partial charge is 0.497 e. The highest BCUT2D eigenvalue weighted by atomic mass is 16.7. The maximum Gasteiger partial charge on any atom is 0.308 e. The van der Waals surface area contributed by atoms with Crippen molar-refractivity contribution < 1.29 is 28.5 Å². The quantitative estimate of drug-likeness (QED) is 0.425. The molecule has 0 aliphatic carbocycles. The van der Waals surface area contributed by atoms with Crippen LogP contribution in [-0.2, 0) is 10.6 Å². The van der Waals surface area contributed by atoms with Gasteiger partial charge < -0.3 is 23.7 Å². The zero-order valence-electron chi connectivity index (χ0n) is 18.4. The third-order valence-electron chi connectivity index (χ3n) is 6.25. The van der Waals surface area contributed by atoms with E-state index in [-0.39, 0.29) is 17.8 Å². The Balaban J connectivity index is 1.74. The molecule has 0 aromatic heterocycles. The lowest BCUT2D eigenvalue weighted by atomic mass is 9.71. The van der Waals surface area contributed by atoms with E-state index in [1.54, 1.807) is 26.4 Å². The number of methoxy groups -OCH3 is 2. The second-order valence-electron chi connectivity index (χ2n) is 8.04. The van der Waals surface area contributed by atoms with Gasteiger partial charge in [0.1, 0.15) is 17.2 Å². The second-order valence-corrected chi connectivity index (χ2v) is 8.04. The summed E-state index contributed by atoms with van der Waals surface area (Å²) in [5.74, 6) is 1.58. The Hall–Kier alpha value is -3.67. The van der Waals surface area contributed by atoms with Crippen LogP contribution in [0.5, 0.6) is 28.7 Å². The average Bonchev–Trinajstić information content (AvgIpc) is 2.79. The van der Waals surface area contributed by atoms with E-state index < -0.39 is 5.79 Å². The Kier molecular flexibility index (Phi) is 4.73. The van der Waals surface area contributed by atoms with Crippen LogP contribution in [0, 0.1) is 5.92 Å². The lowest BCUT2D eigenvalue weighted by molar-refractivity contribution is -0.185. The van der Waals surface area contributed by atoms with Crippen LogP contribution in [-0.4, -0.2) is 20.2 Å². The minimum Gasteiger partial charge on any atom is -0.497 e. The van der Waals surface area contributed by atoms with Gasteiger partial charge in [0.25, 0.3) is 5.79 Å². The van der Waals surface area contributed by atoms with Gasteiger partial charge in [-0.1, -0.05) is 25.1 Å². The molecule has 6 nitrogen and oxygen atoms in total. The van der Waals surface area contributed by atoms with E-state index >= 15 is 0 Å². The lowest BCUT2D eigenvalue weighted by Gasteiger charge is -2.51. The van der Waals surface area contributed by atoms with Crippen LogP contribution in [0.4, 0.5) is 0 Å². The molecule has 2 heterocycles. The highest BCUT2D eigenvalue weighted by molar-refractivity contribution is 5.70. The molecule has 164 valence electrons. The predicted molar refractivity (Wildman–Crippen MR) is 118 cm³/mol. The number of fused-ring (bicyclic) bond motifs is 6. The third kappa shape index (κ3) is 2.98. The van der Waals surface area contributed by atoms with Crippen molar-refractivity contribution in [3.8, 4) is 28.7 Å². The first-order valence-electron chi connectivity index (χ1n) is 10.5. The molecule has 3 atom stereocenters. The predicted octanol–water partition coefficient (Wildman–Crippen LogP) is 5.03. The molecule has 0 radical (unpaired) electrons. The SMILES string of the molecule is COc1ccc(C23Oc4cc(OC(C)=O)ccc4C(c4cccc(OC)c4O2)C3C)cc1. The second kappa shape index (κ2) is 7.48. The van der Waals surface area contributed by atoms with Crippen LogP contribution in [0.3, 0.4) is 0 Å². The van der Waals surface area contributed by atoms with E-state index in [0.29, 0.717) is 23.0 Å². The summed E-state index contributed by atoms with van der Waals surface area (Å²) in [6, 6.07) is 19.1. The molecule has 2 bridgehead atoms. The van der Waals surface area contributed by atoms with E-state index in [1.807, 2.05) is 42.5 Å². The first kappa shape index (κ1) is 20.2. The van der Waals surface area contributed by atoms with Crippen molar-refractivity contribution in [2.75, 3.05) is 14.2 Å². The summed E-state index contributed by atoms with van der Waals surface area (Å²) in [6.07, 6.45) is 0. The number of hydrogen-bond acceptors (Lipinski definition) is 6. The number of benzene rings is 3. The van der Waals surface area contributed by atoms with Crippen LogP contribution in [0.25, 0.3) is 0 Å². The number of esters is 1. The van der Waals surface area contributed by atoms with Crippen molar-refractivity contribution in [2.45, 2.75) is 25.6 Å². The molecule has 0 spiro atoms. The van der Waals surface area contributed by atoms with Crippen LogP contribution in [0.2, 0.25) is 0 Å². The molecule has 2 aliphatic rings. The fraction of sp³-hybridized carbons (Fsp3) is 0.269. The Labute approximate surface area is 186 Å². The van der Waals surface area contributed by atoms with E-state index in [4.69, 9.17) is 23.7 Å². The molecule has 5 rings (SSSR count). The molecular formula is C26H24O6. The van der Waals surface area contributed by atoms with Gasteiger partial charge in [-0.25, -0.2) is 0 Å². The van der Waals surface area contributed by atoms with E-state index in [1.165, 1.54) is 6.92 Å². The Morgan fingerprint density at radius 1 is 0.906 bits per heavy atom. The Bertz CT molecular complexity index is 1190. The van der Waals surface area contributed by atoms with Gasteiger partial charge in [0.05, 0.1) is 14.2 Å². The van der Waals surface area contributed by atoms with Crippen molar-refractivity contribution in [3.63, 3.8) is 0 Å². The standard InChI is InChI=1S/C26H24O6/c1-15-24-20-13-12-19(30-16(2)27)14-23(20)31-26(15,17-8-10-18(28-3)11-9-17)32-25-21(24)6-5-7-22(25)29-4/h5-15,24H,1-4H3. The molecule has 0 fully saturated rings. The van der Waals surface area contributed by atoms with Crippen molar-refractivity contribution in [1.82, 2.24) is 0 Å². The summed E-state index contributed by atoms with van der Waals surface area (Å²) in [5.41, 5.74) is 2.90. The molecule has 3 unspecified atom stereocenters. The summed E-state index contributed by atoms with van der Waals surface area (Å²) < 4.78 is 29.6. The summed E-state index contributed by atoms with van der Waals surface area (Å²) in [4.78, 5) is 11.5. The van der Waals surface area contributed by atoms with Gasteiger partial charge in [-0.2, -0.15) is 0 Å². The summed E-state index contributed by atoms with van der Waals surface area (Å²) in [7, 11) is 3.26. The maximum atomic E-state index is 11.5. The van der Waals surface area contributed by atoms with Gasteiger partial charge in [0.2, 0.25) is 0 Å². The molecule has 6 heteroatoms. The highest BCUT2D eigenvalue weighted by Crippen LogP contribution is 2.60. The highest BCUT2D eigenvalue weighted by Gasteiger charge is 2.56. The molecule has 0 amide bonds. The molecule has 3 aromatic rings. The van der Waals surface area contributed by atoms with Gasteiger partial charge in [0, 0.05) is 41.5 Å². The number of carbonyl (C=O) groups excluding carboxylic acids is 1. The van der Waals surface area contributed by atoms with Crippen molar-refractivity contribution in [3.05, 3.63) is 77.4 Å². The van der Waals surface area contributed by atoms with Gasteiger partial charge in [-0.15, -0.1) is 0 Å². The number of para-hydroxylation sites is 1. The topological polar surface area (TPSA) is 63.2 Å². The van der Waals surface area contributed by atoms with Crippen molar-refractivity contribution in [2.24, 2.45) is 5.92 Å². The molecule has 3 aromatic carbocycles. The normalized spacial score (nSPS) is 22.5.